The molecule has 0 radical (unpaired) electrons. The molecular formula is C23H44O11. The summed E-state index contributed by atoms with van der Waals surface area (Å²) in [4.78, 5) is 0. The van der Waals surface area contributed by atoms with Crippen LogP contribution in [0.5, 0.6) is 0 Å². The molecule has 0 aromatic carbocycles. The highest BCUT2D eigenvalue weighted by Crippen LogP contribution is 2.29. The standard InChI is InChI=1S/C23H44O11/c1-2-3-4-5-6-7-8-9-10-11-31-22-20(30)18(28)21(15(13-25)33-22)34-23-19(29)17(27)16(26)14(12-24)32-23/h14-30H,2-13H2,1H3/t14-,15-,16-,17+,18-,19-,20-,21+,22-,23-/m1/s1. The number of ether oxygens (including phenoxy) is 4. The lowest BCUT2D eigenvalue weighted by molar-refractivity contribution is -0.359. The van der Waals surface area contributed by atoms with E-state index in [1.54, 1.807) is 0 Å². The third-order valence-electron chi connectivity index (χ3n) is 6.49. The minimum atomic E-state index is -1.69. The molecule has 0 bridgehead atoms. The van der Waals surface area contributed by atoms with Gasteiger partial charge in [0.2, 0.25) is 0 Å². The van der Waals surface area contributed by atoms with Gasteiger partial charge >= 0.3 is 0 Å². The second kappa shape index (κ2) is 15.6. The maximum atomic E-state index is 10.6. The molecule has 2 fully saturated rings. The van der Waals surface area contributed by atoms with E-state index in [1.807, 2.05) is 0 Å². The summed E-state index contributed by atoms with van der Waals surface area (Å²) < 4.78 is 22.0. The van der Waals surface area contributed by atoms with Crippen LogP contribution in [0.3, 0.4) is 0 Å². The van der Waals surface area contributed by atoms with Crippen molar-refractivity contribution >= 4 is 0 Å². The predicted octanol–water partition coefficient (Wildman–Crippen LogP) is -0.842. The Balaban J connectivity index is 1.78. The maximum absolute atomic E-state index is 10.6. The van der Waals surface area contributed by atoms with Crippen LogP contribution >= 0.6 is 0 Å². The van der Waals surface area contributed by atoms with Crippen LogP contribution in [0.15, 0.2) is 0 Å². The molecular weight excluding hydrogens is 452 g/mol. The van der Waals surface area contributed by atoms with E-state index in [2.05, 4.69) is 6.92 Å². The molecule has 2 rings (SSSR count). The van der Waals surface area contributed by atoms with Gasteiger partial charge in [-0.25, -0.2) is 0 Å². The van der Waals surface area contributed by atoms with Gasteiger partial charge in [0, 0.05) is 6.61 Å². The summed E-state index contributed by atoms with van der Waals surface area (Å²) in [5, 5.41) is 70.0. The monoisotopic (exact) mass is 496 g/mol. The van der Waals surface area contributed by atoms with E-state index >= 15 is 0 Å². The van der Waals surface area contributed by atoms with E-state index in [1.165, 1.54) is 38.5 Å². The summed E-state index contributed by atoms with van der Waals surface area (Å²) in [6, 6.07) is 0. The normalized spacial score (nSPS) is 38.8. The van der Waals surface area contributed by atoms with Gasteiger partial charge in [-0.2, -0.15) is 0 Å². The summed E-state index contributed by atoms with van der Waals surface area (Å²) in [6.07, 6.45) is -3.99. The Morgan fingerprint density at radius 2 is 1.12 bits per heavy atom. The van der Waals surface area contributed by atoms with Gasteiger partial charge < -0.3 is 54.7 Å². The van der Waals surface area contributed by atoms with Gasteiger partial charge in [-0.15, -0.1) is 0 Å². The summed E-state index contributed by atoms with van der Waals surface area (Å²) in [5.74, 6) is 0. The van der Waals surface area contributed by atoms with E-state index in [4.69, 9.17) is 18.9 Å². The summed E-state index contributed by atoms with van der Waals surface area (Å²) in [7, 11) is 0. The van der Waals surface area contributed by atoms with Crippen molar-refractivity contribution in [1.29, 1.82) is 0 Å². The SMILES string of the molecule is CCCCCCCCCCCO[C@@H]1O[C@H](CO)[C@H](O[C@H]2O[C@H](CO)[C@@H](O)[C@H](O)[C@H]2O)[C@H](O)[C@H]1O. The number of unbranched alkanes of at least 4 members (excludes halogenated alkanes) is 8. The molecule has 0 saturated carbocycles. The average molecular weight is 497 g/mol. The number of aliphatic hydroxyl groups is 7. The van der Waals surface area contributed by atoms with Crippen LogP contribution < -0.4 is 0 Å². The number of hydrogen-bond donors (Lipinski definition) is 7. The molecule has 11 nitrogen and oxygen atoms in total. The number of aliphatic hydroxyl groups excluding tert-OH is 7. The summed E-state index contributed by atoms with van der Waals surface area (Å²) in [5.41, 5.74) is 0. The first kappa shape index (κ1) is 29.8. The van der Waals surface area contributed by atoms with Crippen LogP contribution in [0, 0.1) is 0 Å². The maximum Gasteiger partial charge on any atom is 0.187 e. The first-order valence-corrected chi connectivity index (χ1v) is 12.6. The van der Waals surface area contributed by atoms with Crippen LogP contribution in [-0.2, 0) is 18.9 Å². The average Bonchev–Trinajstić information content (AvgIpc) is 2.84. The van der Waals surface area contributed by atoms with Crippen molar-refractivity contribution in [3.05, 3.63) is 0 Å². The Kier molecular flexibility index (Phi) is 13.7. The zero-order valence-electron chi connectivity index (χ0n) is 20.0. The van der Waals surface area contributed by atoms with Crippen LogP contribution in [0.2, 0.25) is 0 Å². The van der Waals surface area contributed by atoms with Gasteiger partial charge in [0.05, 0.1) is 13.2 Å². The topological polar surface area (TPSA) is 179 Å². The highest BCUT2D eigenvalue weighted by atomic mass is 16.7. The van der Waals surface area contributed by atoms with E-state index in [0.29, 0.717) is 6.61 Å². The summed E-state index contributed by atoms with van der Waals surface area (Å²) >= 11 is 0. The third-order valence-corrected chi connectivity index (χ3v) is 6.49. The third kappa shape index (κ3) is 8.31. The van der Waals surface area contributed by atoms with Crippen molar-refractivity contribution in [2.75, 3.05) is 19.8 Å². The molecule has 0 aliphatic carbocycles. The molecule has 2 saturated heterocycles. The van der Waals surface area contributed by atoms with Gasteiger partial charge in [-0.3, -0.25) is 0 Å². The van der Waals surface area contributed by atoms with Gasteiger partial charge in [0.25, 0.3) is 0 Å². The smallest absolute Gasteiger partial charge is 0.187 e. The van der Waals surface area contributed by atoms with Crippen LogP contribution in [0.4, 0.5) is 0 Å². The molecule has 2 heterocycles. The van der Waals surface area contributed by atoms with Gasteiger partial charge in [0.15, 0.2) is 12.6 Å². The molecule has 2 aliphatic rings. The Morgan fingerprint density at radius 1 is 0.588 bits per heavy atom. The Labute approximate surface area is 201 Å². The lowest BCUT2D eigenvalue weighted by Crippen LogP contribution is -2.64. The molecule has 0 spiro atoms. The van der Waals surface area contributed by atoms with E-state index < -0.39 is 74.6 Å². The van der Waals surface area contributed by atoms with E-state index in [9.17, 15) is 35.7 Å². The fourth-order valence-electron chi connectivity index (χ4n) is 4.31. The molecule has 11 heteroatoms. The lowest BCUT2D eigenvalue weighted by atomic mass is 9.97. The predicted molar refractivity (Wildman–Crippen MR) is 120 cm³/mol. The molecule has 7 N–H and O–H groups in total. The Morgan fingerprint density at radius 3 is 1.71 bits per heavy atom. The molecule has 10 atom stereocenters. The molecule has 0 amide bonds. The number of rotatable bonds is 15. The fraction of sp³-hybridized carbons (Fsp3) is 1.00. The largest absolute Gasteiger partial charge is 0.394 e. The zero-order valence-corrected chi connectivity index (χ0v) is 20.0. The van der Waals surface area contributed by atoms with Crippen molar-refractivity contribution in [2.45, 2.75) is 126 Å². The second-order valence-corrected chi connectivity index (χ2v) is 9.20. The Hall–Kier alpha value is -0.440. The molecule has 0 aromatic rings. The highest BCUT2D eigenvalue weighted by Gasteiger charge is 2.50. The van der Waals surface area contributed by atoms with E-state index in [-0.39, 0.29) is 0 Å². The highest BCUT2D eigenvalue weighted by molar-refractivity contribution is 4.94. The van der Waals surface area contributed by atoms with Gasteiger partial charge in [0.1, 0.15) is 48.8 Å². The second-order valence-electron chi connectivity index (χ2n) is 9.20. The molecule has 202 valence electrons. The van der Waals surface area contributed by atoms with Crippen LogP contribution in [0.25, 0.3) is 0 Å². The van der Waals surface area contributed by atoms with Gasteiger partial charge in [-0.1, -0.05) is 58.3 Å². The van der Waals surface area contributed by atoms with Crippen LogP contribution in [-0.4, -0.2) is 117 Å². The van der Waals surface area contributed by atoms with Crippen molar-refractivity contribution in [1.82, 2.24) is 0 Å². The lowest BCUT2D eigenvalue weighted by Gasteiger charge is -2.45. The minimum absolute atomic E-state index is 0.320. The Bertz CT molecular complexity index is 535. The molecule has 0 unspecified atom stereocenters. The number of hydrogen-bond acceptors (Lipinski definition) is 11. The van der Waals surface area contributed by atoms with Crippen molar-refractivity contribution in [3.63, 3.8) is 0 Å². The van der Waals surface area contributed by atoms with E-state index in [0.717, 1.165) is 19.3 Å². The van der Waals surface area contributed by atoms with Crippen molar-refractivity contribution < 1.29 is 54.7 Å². The van der Waals surface area contributed by atoms with Crippen molar-refractivity contribution in [2.24, 2.45) is 0 Å². The molecule has 2 aliphatic heterocycles. The summed E-state index contributed by atoms with van der Waals surface area (Å²) in [6.45, 7) is 1.29. The first-order valence-electron chi connectivity index (χ1n) is 12.6. The fourth-order valence-corrected chi connectivity index (χ4v) is 4.31. The van der Waals surface area contributed by atoms with Gasteiger partial charge in [-0.05, 0) is 6.42 Å². The minimum Gasteiger partial charge on any atom is -0.394 e. The molecule has 34 heavy (non-hydrogen) atoms. The van der Waals surface area contributed by atoms with Crippen molar-refractivity contribution in [3.8, 4) is 0 Å². The van der Waals surface area contributed by atoms with Crippen LogP contribution in [0.1, 0.15) is 64.7 Å². The first-order chi connectivity index (χ1) is 16.3. The zero-order chi connectivity index (χ0) is 25.1. The molecule has 0 aromatic heterocycles. The quantitative estimate of drug-likeness (QED) is 0.141.